The van der Waals surface area contributed by atoms with Crippen molar-refractivity contribution in [3.05, 3.63) is 29.6 Å². The molecule has 1 aliphatic heterocycles. The Bertz CT molecular complexity index is 695. The Balaban J connectivity index is 1.61. The van der Waals surface area contributed by atoms with E-state index in [4.69, 9.17) is 8.94 Å². The molecule has 0 saturated carbocycles. The lowest BCUT2D eigenvalue weighted by atomic mass is 10.2. The smallest absolute Gasteiger partial charge is 0.223 e. The first kappa shape index (κ1) is 16.6. The summed E-state index contributed by atoms with van der Waals surface area (Å²) in [6.45, 7) is 8.12. The van der Waals surface area contributed by atoms with Crippen molar-refractivity contribution in [3.63, 3.8) is 0 Å². The minimum absolute atomic E-state index is 0.0357. The molecule has 0 N–H and O–H groups in total. The van der Waals surface area contributed by atoms with E-state index >= 15 is 0 Å². The first-order chi connectivity index (χ1) is 11.5. The van der Waals surface area contributed by atoms with Crippen LogP contribution in [0.4, 0.5) is 0 Å². The van der Waals surface area contributed by atoms with E-state index in [2.05, 4.69) is 20.0 Å². The molecule has 1 atom stereocenters. The minimum Gasteiger partial charge on any atom is -0.444 e. The fourth-order valence-corrected chi connectivity index (χ4v) is 3.04. The molecule has 8 nitrogen and oxygen atoms in total. The Hall–Kier alpha value is -2.22. The molecule has 0 aromatic carbocycles. The van der Waals surface area contributed by atoms with Gasteiger partial charge in [-0.1, -0.05) is 12.1 Å². The van der Waals surface area contributed by atoms with Crippen molar-refractivity contribution in [1.82, 2.24) is 24.9 Å². The molecule has 0 bridgehead atoms. The van der Waals surface area contributed by atoms with Crippen molar-refractivity contribution in [2.75, 3.05) is 13.1 Å². The molecule has 8 heteroatoms. The topological polar surface area (TPSA) is 88.5 Å². The maximum Gasteiger partial charge on any atom is 0.223 e. The Morgan fingerprint density at radius 3 is 2.96 bits per heavy atom. The lowest BCUT2D eigenvalue weighted by molar-refractivity contribution is -0.132. The van der Waals surface area contributed by atoms with Gasteiger partial charge in [-0.15, -0.1) is 0 Å². The van der Waals surface area contributed by atoms with Crippen LogP contribution in [0.15, 0.2) is 15.1 Å². The van der Waals surface area contributed by atoms with Gasteiger partial charge >= 0.3 is 0 Å². The number of aryl methyl sites for hydroxylation is 2. The Morgan fingerprint density at radius 2 is 2.33 bits per heavy atom. The lowest BCUT2D eigenvalue weighted by Gasteiger charge is -2.26. The van der Waals surface area contributed by atoms with Crippen molar-refractivity contribution in [1.29, 1.82) is 0 Å². The summed E-state index contributed by atoms with van der Waals surface area (Å²) < 4.78 is 10.7. The van der Waals surface area contributed by atoms with Crippen molar-refractivity contribution >= 4 is 5.91 Å². The van der Waals surface area contributed by atoms with Crippen LogP contribution in [0.1, 0.15) is 43.6 Å². The molecular weight excluding hydrogens is 310 g/mol. The van der Waals surface area contributed by atoms with Gasteiger partial charge < -0.3 is 13.8 Å². The minimum atomic E-state index is 0.0357. The second-order valence-electron chi connectivity index (χ2n) is 6.13. The number of carbonyl (C=O) groups is 1. The average Bonchev–Trinajstić information content (AvgIpc) is 3.26. The summed E-state index contributed by atoms with van der Waals surface area (Å²) in [5.41, 5.74) is 0. The van der Waals surface area contributed by atoms with E-state index in [0.29, 0.717) is 30.7 Å². The second kappa shape index (κ2) is 7.12. The predicted molar refractivity (Wildman–Crippen MR) is 84.8 cm³/mol. The largest absolute Gasteiger partial charge is 0.444 e. The van der Waals surface area contributed by atoms with Gasteiger partial charge in [0.1, 0.15) is 5.76 Å². The summed E-state index contributed by atoms with van der Waals surface area (Å²) in [7, 11) is 0. The molecule has 1 saturated heterocycles. The third-order valence-corrected chi connectivity index (χ3v) is 4.28. The molecule has 3 heterocycles. The van der Waals surface area contributed by atoms with Crippen LogP contribution in [0.5, 0.6) is 0 Å². The molecule has 130 valence electrons. The summed E-state index contributed by atoms with van der Waals surface area (Å²) in [4.78, 5) is 24.7. The van der Waals surface area contributed by atoms with E-state index in [1.807, 2.05) is 11.8 Å². The van der Waals surface area contributed by atoms with E-state index in [9.17, 15) is 4.79 Å². The van der Waals surface area contributed by atoms with Crippen molar-refractivity contribution < 1.29 is 13.7 Å². The standard InChI is InChI=1S/C16H23N5O3/c1-4-14-7-17-16(23-14)10-21(12(3)22)13-5-6-20(8-13)9-15-18-11(2)24-19-15/h7,13H,4-6,8-10H2,1-3H3/t13-/m0/s1. The van der Waals surface area contributed by atoms with Gasteiger partial charge in [0.05, 0.1) is 19.3 Å². The molecule has 0 aliphatic carbocycles. The SMILES string of the molecule is CCc1cnc(CN(C(C)=O)[C@H]2CCN(Cc3noc(C)n3)C2)o1. The maximum atomic E-state index is 12.1. The van der Waals surface area contributed by atoms with E-state index < -0.39 is 0 Å². The number of hydrogen-bond acceptors (Lipinski definition) is 7. The molecule has 3 rings (SSSR count). The third kappa shape index (κ3) is 3.81. The van der Waals surface area contributed by atoms with Crippen LogP contribution in [-0.2, 0) is 24.3 Å². The van der Waals surface area contributed by atoms with E-state index in [0.717, 1.165) is 31.7 Å². The molecular formula is C16H23N5O3. The Kier molecular flexibility index (Phi) is 4.94. The molecule has 24 heavy (non-hydrogen) atoms. The maximum absolute atomic E-state index is 12.1. The number of aromatic nitrogens is 3. The van der Waals surface area contributed by atoms with Crippen LogP contribution < -0.4 is 0 Å². The van der Waals surface area contributed by atoms with Crippen molar-refractivity contribution in [2.45, 2.75) is 52.7 Å². The molecule has 0 radical (unpaired) electrons. The van der Waals surface area contributed by atoms with Gasteiger partial charge in [-0.25, -0.2) is 4.98 Å². The Labute approximate surface area is 140 Å². The number of nitrogens with zero attached hydrogens (tertiary/aromatic N) is 5. The van der Waals surface area contributed by atoms with Crippen LogP contribution >= 0.6 is 0 Å². The van der Waals surface area contributed by atoms with Gasteiger partial charge in [0, 0.05) is 39.4 Å². The summed E-state index contributed by atoms with van der Waals surface area (Å²) in [5, 5.41) is 3.93. The van der Waals surface area contributed by atoms with E-state index in [-0.39, 0.29) is 11.9 Å². The number of rotatable bonds is 6. The van der Waals surface area contributed by atoms with Gasteiger partial charge in [-0.2, -0.15) is 4.98 Å². The Morgan fingerprint density at radius 1 is 1.50 bits per heavy atom. The van der Waals surface area contributed by atoms with E-state index in [1.54, 1.807) is 20.0 Å². The monoisotopic (exact) mass is 333 g/mol. The number of hydrogen-bond donors (Lipinski definition) is 0. The highest BCUT2D eigenvalue weighted by Crippen LogP contribution is 2.20. The number of amides is 1. The van der Waals surface area contributed by atoms with Gasteiger partial charge in [-0.3, -0.25) is 9.69 Å². The summed E-state index contributed by atoms with van der Waals surface area (Å²) >= 11 is 0. The fourth-order valence-electron chi connectivity index (χ4n) is 3.04. The van der Waals surface area contributed by atoms with Gasteiger partial charge in [0.2, 0.25) is 17.7 Å². The first-order valence-corrected chi connectivity index (χ1v) is 8.27. The molecule has 1 amide bonds. The molecule has 2 aromatic heterocycles. The fraction of sp³-hybridized carbons (Fsp3) is 0.625. The zero-order valence-corrected chi connectivity index (χ0v) is 14.4. The number of oxazole rings is 1. The van der Waals surface area contributed by atoms with Crippen molar-refractivity contribution in [3.8, 4) is 0 Å². The van der Waals surface area contributed by atoms with Gasteiger partial charge in [0.15, 0.2) is 5.82 Å². The molecule has 0 spiro atoms. The number of carbonyl (C=O) groups excluding carboxylic acids is 1. The van der Waals surface area contributed by atoms with Gasteiger partial charge in [-0.05, 0) is 6.42 Å². The van der Waals surface area contributed by atoms with Crippen LogP contribution in [0, 0.1) is 6.92 Å². The van der Waals surface area contributed by atoms with Crippen LogP contribution in [-0.4, -0.2) is 50.0 Å². The van der Waals surface area contributed by atoms with E-state index in [1.165, 1.54) is 0 Å². The van der Waals surface area contributed by atoms with Crippen molar-refractivity contribution in [2.24, 2.45) is 0 Å². The summed E-state index contributed by atoms with van der Waals surface area (Å²) in [5.74, 6) is 2.72. The average molecular weight is 333 g/mol. The molecule has 0 unspecified atom stereocenters. The van der Waals surface area contributed by atoms with Gasteiger partial charge in [0.25, 0.3) is 0 Å². The first-order valence-electron chi connectivity index (χ1n) is 8.27. The summed E-state index contributed by atoms with van der Waals surface area (Å²) in [6, 6.07) is 0.146. The lowest BCUT2D eigenvalue weighted by Crippen LogP contribution is -2.40. The normalized spacial score (nSPS) is 18.2. The zero-order chi connectivity index (χ0) is 17.1. The van der Waals surface area contributed by atoms with Crippen LogP contribution in [0.3, 0.4) is 0 Å². The highest BCUT2D eigenvalue weighted by atomic mass is 16.5. The zero-order valence-electron chi connectivity index (χ0n) is 14.4. The molecule has 1 aliphatic rings. The molecule has 2 aromatic rings. The third-order valence-electron chi connectivity index (χ3n) is 4.28. The van der Waals surface area contributed by atoms with Crippen LogP contribution in [0.25, 0.3) is 0 Å². The quantitative estimate of drug-likeness (QED) is 0.792. The summed E-state index contributed by atoms with van der Waals surface area (Å²) in [6.07, 6.45) is 3.44. The highest BCUT2D eigenvalue weighted by molar-refractivity contribution is 5.73. The number of likely N-dealkylation sites (tertiary alicyclic amines) is 1. The predicted octanol–water partition coefficient (Wildman–Crippen LogP) is 1.55. The highest BCUT2D eigenvalue weighted by Gasteiger charge is 2.30. The van der Waals surface area contributed by atoms with Crippen LogP contribution in [0.2, 0.25) is 0 Å². The second-order valence-corrected chi connectivity index (χ2v) is 6.13. The molecule has 1 fully saturated rings.